The molecular formula is C12H26O3Si. The van der Waals surface area contributed by atoms with Crippen molar-refractivity contribution in [3.8, 4) is 0 Å². The van der Waals surface area contributed by atoms with Crippen LogP contribution >= 0.6 is 0 Å². The summed E-state index contributed by atoms with van der Waals surface area (Å²) in [6.07, 6.45) is 2.28. The maximum absolute atomic E-state index is 10.9. The quantitative estimate of drug-likeness (QED) is 0.409. The first-order valence-corrected chi connectivity index (χ1v) is 8.82. The van der Waals surface area contributed by atoms with Crippen molar-refractivity contribution in [3.05, 3.63) is 0 Å². The third kappa shape index (κ3) is 5.65. The number of unbranched alkanes of at least 4 members (excludes halogenated alkanes) is 1. The minimum absolute atomic E-state index is 0.132. The molecular weight excluding hydrogens is 220 g/mol. The largest absolute Gasteiger partial charge is 0.469 e. The lowest BCUT2D eigenvalue weighted by molar-refractivity contribution is -0.140. The van der Waals surface area contributed by atoms with Gasteiger partial charge in [-0.3, -0.25) is 4.79 Å². The van der Waals surface area contributed by atoms with Crippen LogP contribution in [0.3, 0.4) is 0 Å². The van der Waals surface area contributed by atoms with Crippen molar-refractivity contribution in [2.24, 2.45) is 0 Å². The van der Waals surface area contributed by atoms with E-state index >= 15 is 0 Å². The Balaban J connectivity index is 3.71. The van der Waals surface area contributed by atoms with Gasteiger partial charge in [0.15, 0.2) is 8.32 Å². The van der Waals surface area contributed by atoms with E-state index in [2.05, 4.69) is 38.6 Å². The Morgan fingerprint density at radius 2 is 1.75 bits per heavy atom. The zero-order chi connectivity index (χ0) is 12.8. The molecule has 0 rings (SSSR count). The van der Waals surface area contributed by atoms with Gasteiger partial charge in [0.2, 0.25) is 0 Å². The van der Waals surface area contributed by atoms with E-state index in [0.717, 1.165) is 19.4 Å². The van der Waals surface area contributed by atoms with E-state index in [0.29, 0.717) is 6.42 Å². The zero-order valence-electron chi connectivity index (χ0n) is 11.6. The third-order valence-electron chi connectivity index (χ3n) is 3.27. The molecule has 4 heteroatoms. The SMILES string of the molecule is COC(=O)CCCCO[Si](C)(C)C(C)(C)C. The summed E-state index contributed by atoms with van der Waals surface area (Å²) in [4.78, 5) is 10.9. The molecule has 16 heavy (non-hydrogen) atoms. The molecule has 0 amide bonds. The smallest absolute Gasteiger partial charge is 0.305 e. The monoisotopic (exact) mass is 246 g/mol. The minimum atomic E-state index is -1.61. The zero-order valence-corrected chi connectivity index (χ0v) is 12.6. The van der Waals surface area contributed by atoms with Crippen molar-refractivity contribution in [1.82, 2.24) is 0 Å². The van der Waals surface area contributed by atoms with Crippen LogP contribution in [-0.2, 0) is 14.0 Å². The topological polar surface area (TPSA) is 35.5 Å². The highest BCUT2D eigenvalue weighted by molar-refractivity contribution is 6.74. The van der Waals surface area contributed by atoms with Gasteiger partial charge in [0.1, 0.15) is 0 Å². The van der Waals surface area contributed by atoms with Gasteiger partial charge in [-0.05, 0) is 31.0 Å². The van der Waals surface area contributed by atoms with Crippen molar-refractivity contribution >= 4 is 14.3 Å². The molecule has 0 unspecified atom stereocenters. The molecule has 0 saturated heterocycles. The molecule has 0 aliphatic carbocycles. The molecule has 0 aliphatic rings. The van der Waals surface area contributed by atoms with Crippen LogP contribution < -0.4 is 0 Å². The summed E-state index contributed by atoms with van der Waals surface area (Å²) in [5, 5.41) is 0.259. The molecule has 0 heterocycles. The lowest BCUT2D eigenvalue weighted by Gasteiger charge is -2.36. The van der Waals surface area contributed by atoms with Crippen LogP contribution in [0.25, 0.3) is 0 Å². The summed E-state index contributed by atoms with van der Waals surface area (Å²) in [6.45, 7) is 11.9. The number of esters is 1. The summed E-state index contributed by atoms with van der Waals surface area (Å²) >= 11 is 0. The van der Waals surface area contributed by atoms with Gasteiger partial charge >= 0.3 is 5.97 Å². The van der Waals surface area contributed by atoms with Gasteiger partial charge in [-0.15, -0.1) is 0 Å². The van der Waals surface area contributed by atoms with Crippen molar-refractivity contribution < 1.29 is 14.0 Å². The highest BCUT2D eigenvalue weighted by Gasteiger charge is 2.36. The van der Waals surface area contributed by atoms with Crippen molar-refractivity contribution in [3.63, 3.8) is 0 Å². The fourth-order valence-electron chi connectivity index (χ4n) is 1.02. The first-order chi connectivity index (χ1) is 7.20. The standard InChI is InChI=1S/C12H26O3Si/c1-12(2,3)16(5,6)15-10-8-7-9-11(13)14-4/h7-10H2,1-6H3. The van der Waals surface area contributed by atoms with Crippen LogP contribution in [0.5, 0.6) is 0 Å². The van der Waals surface area contributed by atoms with Gasteiger partial charge in [0.25, 0.3) is 0 Å². The number of ether oxygens (including phenoxy) is 1. The maximum Gasteiger partial charge on any atom is 0.305 e. The Morgan fingerprint density at radius 1 is 1.19 bits per heavy atom. The Labute approximate surface area is 101 Å². The first kappa shape index (κ1) is 15.6. The summed E-state index contributed by atoms with van der Waals surface area (Å²) < 4.78 is 10.6. The molecule has 96 valence electrons. The normalized spacial score (nSPS) is 12.6. The van der Waals surface area contributed by atoms with E-state index in [1.54, 1.807) is 0 Å². The molecule has 0 aromatic heterocycles. The van der Waals surface area contributed by atoms with Crippen LogP contribution in [0.15, 0.2) is 0 Å². The van der Waals surface area contributed by atoms with Crippen molar-refractivity contribution in [1.29, 1.82) is 0 Å². The summed E-state index contributed by atoms with van der Waals surface area (Å²) in [6, 6.07) is 0. The predicted molar refractivity (Wildman–Crippen MR) is 69.0 cm³/mol. The molecule has 0 saturated carbocycles. The summed E-state index contributed by atoms with van der Waals surface area (Å²) in [7, 11) is -0.182. The van der Waals surface area contributed by atoms with E-state index in [1.165, 1.54) is 7.11 Å². The Kier molecular flexibility index (Phi) is 6.26. The number of carbonyl (C=O) groups is 1. The molecule has 3 nitrogen and oxygen atoms in total. The molecule has 0 aromatic carbocycles. The van der Waals surface area contributed by atoms with Crippen LogP contribution in [0.1, 0.15) is 40.0 Å². The molecule has 0 aliphatic heterocycles. The Morgan fingerprint density at radius 3 is 2.19 bits per heavy atom. The van der Waals surface area contributed by atoms with Gasteiger partial charge in [-0.1, -0.05) is 20.8 Å². The lowest BCUT2D eigenvalue weighted by atomic mass is 10.2. The highest BCUT2D eigenvalue weighted by atomic mass is 28.4. The first-order valence-electron chi connectivity index (χ1n) is 5.91. The summed E-state index contributed by atoms with van der Waals surface area (Å²) in [5.74, 6) is -0.132. The van der Waals surface area contributed by atoms with Crippen molar-refractivity contribution in [2.75, 3.05) is 13.7 Å². The fourth-order valence-corrected chi connectivity index (χ4v) is 2.10. The Hall–Kier alpha value is -0.353. The van der Waals surface area contributed by atoms with E-state index in [-0.39, 0.29) is 11.0 Å². The number of rotatable bonds is 6. The molecule has 0 bridgehead atoms. The fraction of sp³-hybridized carbons (Fsp3) is 0.917. The Bertz CT molecular complexity index is 219. The van der Waals surface area contributed by atoms with E-state index < -0.39 is 8.32 Å². The predicted octanol–water partition coefficient (Wildman–Crippen LogP) is 3.35. The second kappa shape index (κ2) is 6.40. The molecule has 0 radical (unpaired) electrons. The van der Waals surface area contributed by atoms with Crippen molar-refractivity contribution in [2.45, 2.75) is 58.2 Å². The number of methoxy groups -OCH3 is 1. The third-order valence-corrected chi connectivity index (χ3v) is 7.81. The van der Waals surface area contributed by atoms with E-state index in [4.69, 9.17) is 4.43 Å². The van der Waals surface area contributed by atoms with Crippen LogP contribution in [0, 0.1) is 0 Å². The summed E-state index contributed by atoms with van der Waals surface area (Å²) in [5.41, 5.74) is 0. The van der Waals surface area contributed by atoms with E-state index in [1.807, 2.05) is 0 Å². The highest BCUT2D eigenvalue weighted by Crippen LogP contribution is 2.36. The second-order valence-electron chi connectivity index (χ2n) is 5.64. The maximum atomic E-state index is 10.9. The average Bonchev–Trinajstić information content (AvgIpc) is 2.15. The van der Waals surface area contributed by atoms with Crippen LogP contribution in [-0.4, -0.2) is 28.0 Å². The lowest BCUT2D eigenvalue weighted by Crippen LogP contribution is -2.40. The van der Waals surface area contributed by atoms with Gasteiger partial charge < -0.3 is 9.16 Å². The van der Waals surface area contributed by atoms with Gasteiger partial charge in [-0.25, -0.2) is 0 Å². The molecule has 0 fully saturated rings. The molecule has 0 N–H and O–H groups in total. The van der Waals surface area contributed by atoms with Gasteiger partial charge in [0, 0.05) is 13.0 Å². The van der Waals surface area contributed by atoms with E-state index in [9.17, 15) is 4.79 Å². The van der Waals surface area contributed by atoms with Crippen LogP contribution in [0.4, 0.5) is 0 Å². The molecule has 0 atom stereocenters. The number of hydrogen-bond donors (Lipinski definition) is 0. The van der Waals surface area contributed by atoms with Crippen LogP contribution in [0.2, 0.25) is 18.1 Å². The number of hydrogen-bond acceptors (Lipinski definition) is 3. The molecule has 0 spiro atoms. The van der Waals surface area contributed by atoms with Gasteiger partial charge in [-0.2, -0.15) is 0 Å². The average molecular weight is 246 g/mol. The minimum Gasteiger partial charge on any atom is -0.469 e. The molecule has 0 aromatic rings. The number of carbonyl (C=O) groups excluding carboxylic acids is 1. The van der Waals surface area contributed by atoms with Gasteiger partial charge in [0.05, 0.1) is 7.11 Å². The second-order valence-corrected chi connectivity index (χ2v) is 10.5.